The van der Waals surface area contributed by atoms with Gasteiger partial charge in [0.1, 0.15) is 0 Å². The van der Waals surface area contributed by atoms with Crippen molar-refractivity contribution in [3.05, 3.63) is 67.0 Å². The number of hydrogen-bond donors (Lipinski definition) is 0. The minimum Gasteiger partial charge on any atom is -0.293 e. The second-order valence-electron chi connectivity index (χ2n) is 3.58. The molecule has 17 heavy (non-hydrogen) atoms. The summed E-state index contributed by atoms with van der Waals surface area (Å²) in [6.45, 7) is 0. The fraction of sp³-hybridized carbons (Fsp3) is 0.0769. The van der Waals surface area contributed by atoms with Gasteiger partial charge >= 0.3 is 6.18 Å². The summed E-state index contributed by atoms with van der Waals surface area (Å²) >= 11 is 0. The third-order valence-corrected chi connectivity index (χ3v) is 2.40. The minimum atomic E-state index is -4.37. The number of alkyl halides is 3. The maximum atomic E-state index is 12.3. The zero-order valence-corrected chi connectivity index (χ0v) is 8.66. The highest BCUT2D eigenvalue weighted by Gasteiger charge is 2.31. The molecule has 0 aromatic heterocycles. The summed E-state index contributed by atoms with van der Waals surface area (Å²) in [5.41, 5.74) is -0.499. The van der Waals surface area contributed by atoms with Gasteiger partial charge in [-0.05, 0) is 37.8 Å². The molecule has 0 atom stereocenters. The Hall–Kier alpha value is -1.32. The van der Waals surface area contributed by atoms with E-state index in [2.05, 4.69) is 0 Å². The van der Waals surface area contributed by atoms with Crippen LogP contribution in [0.1, 0.15) is 15.9 Å². The van der Waals surface area contributed by atoms with E-state index in [0.29, 0.717) is 5.92 Å². The standard InChI is InChI=1S/C13H8F3O/c14-13(15,16)11-7-5-10(6-8-11)12(17)9-3-1-2-4-9/h1-8H. The lowest BCUT2D eigenvalue weighted by Crippen LogP contribution is -2.11. The van der Waals surface area contributed by atoms with Crippen LogP contribution in [0.5, 0.6) is 0 Å². The Morgan fingerprint density at radius 1 is 0.941 bits per heavy atom. The van der Waals surface area contributed by atoms with E-state index in [9.17, 15) is 18.0 Å². The monoisotopic (exact) mass is 237 g/mol. The quantitative estimate of drug-likeness (QED) is 0.721. The highest BCUT2D eigenvalue weighted by molar-refractivity contribution is 6.09. The van der Waals surface area contributed by atoms with Crippen molar-refractivity contribution in [3.63, 3.8) is 0 Å². The van der Waals surface area contributed by atoms with E-state index in [1.165, 1.54) is 12.1 Å². The second-order valence-corrected chi connectivity index (χ2v) is 3.58. The molecule has 0 unspecified atom stereocenters. The van der Waals surface area contributed by atoms with Crippen molar-refractivity contribution >= 4 is 5.78 Å². The number of rotatable bonds is 2. The first kappa shape index (κ1) is 12.1. The van der Waals surface area contributed by atoms with Gasteiger partial charge in [-0.3, -0.25) is 4.79 Å². The molecular formula is C13H8F3O. The van der Waals surface area contributed by atoms with Gasteiger partial charge in [0.15, 0.2) is 5.78 Å². The molecule has 0 saturated heterocycles. The molecule has 5 radical (unpaired) electrons. The van der Waals surface area contributed by atoms with Crippen molar-refractivity contribution in [1.29, 1.82) is 0 Å². The molecule has 4 heteroatoms. The fourth-order valence-electron chi connectivity index (χ4n) is 1.50. The zero-order chi connectivity index (χ0) is 12.5. The number of Topliss-reactive ketones (excluding diaryl/α,β-unsaturated/α-hetero) is 1. The van der Waals surface area contributed by atoms with Crippen molar-refractivity contribution in [2.75, 3.05) is 0 Å². The van der Waals surface area contributed by atoms with Gasteiger partial charge in [-0.25, -0.2) is 0 Å². The maximum absolute atomic E-state index is 12.3. The average Bonchev–Trinajstić information content (AvgIpc) is 2.80. The van der Waals surface area contributed by atoms with Gasteiger partial charge in [0.25, 0.3) is 0 Å². The largest absolute Gasteiger partial charge is 0.416 e. The van der Waals surface area contributed by atoms with Crippen molar-refractivity contribution < 1.29 is 18.0 Å². The summed E-state index contributed by atoms with van der Waals surface area (Å²) in [5, 5.41) is 0. The van der Waals surface area contributed by atoms with Gasteiger partial charge in [-0.15, -0.1) is 0 Å². The summed E-state index contributed by atoms with van der Waals surface area (Å²) in [4.78, 5) is 11.8. The molecule has 0 heterocycles. The Labute approximate surface area is 97.6 Å². The average molecular weight is 237 g/mol. The van der Waals surface area contributed by atoms with Crippen LogP contribution in [0.4, 0.5) is 13.2 Å². The Kier molecular flexibility index (Phi) is 3.22. The van der Waals surface area contributed by atoms with Gasteiger partial charge in [0, 0.05) is 5.56 Å². The van der Waals surface area contributed by atoms with E-state index in [1.54, 1.807) is 25.7 Å². The predicted octanol–water partition coefficient (Wildman–Crippen LogP) is 3.29. The summed E-state index contributed by atoms with van der Waals surface area (Å²) in [7, 11) is 0. The smallest absolute Gasteiger partial charge is 0.293 e. The van der Waals surface area contributed by atoms with Crippen LogP contribution < -0.4 is 0 Å². The molecule has 0 aliphatic heterocycles. The molecule has 2 rings (SSSR count). The maximum Gasteiger partial charge on any atom is 0.416 e. The van der Waals surface area contributed by atoms with Gasteiger partial charge < -0.3 is 0 Å². The van der Waals surface area contributed by atoms with Crippen molar-refractivity contribution in [2.24, 2.45) is 0 Å². The lowest BCUT2D eigenvalue weighted by atomic mass is 9.96. The van der Waals surface area contributed by atoms with Crippen LogP contribution in [-0.4, -0.2) is 5.78 Å². The number of hydrogen-bond acceptors (Lipinski definition) is 1. The van der Waals surface area contributed by atoms with Crippen LogP contribution in [0, 0.1) is 31.6 Å². The second kappa shape index (κ2) is 4.51. The van der Waals surface area contributed by atoms with E-state index in [4.69, 9.17) is 0 Å². The van der Waals surface area contributed by atoms with Crippen molar-refractivity contribution in [2.45, 2.75) is 6.18 Å². The van der Waals surface area contributed by atoms with Crippen LogP contribution >= 0.6 is 0 Å². The molecule has 1 aliphatic rings. The molecule has 0 spiro atoms. The summed E-state index contributed by atoms with van der Waals surface area (Å²) in [5.74, 6) is 0.202. The van der Waals surface area contributed by atoms with E-state index < -0.39 is 11.7 Å². The summed E-state index contributed by atoms with van der Waals surface area (Å²) in [6, 6.07) is 4.21. The summed E-state index contributed by atoms with van der Waals surface area (Å²) in [6.07, 6.45) is 2.29. The Balaban J connectivity index is 2.15. The molecule has 0 bridgehead atoms. The number of ketones is 1. The molecule has 1 fully saturated rings. The zero-order valence-electron chi connectivity index (χ0n) is 8.66. The SMILES string of the molecule is O=C([C]1[CH][CH][CH][CH]1)c1ccc(C(F)(F)F)cc1. The lowest BCUT2D eigenvalue weighted by molar-refractivity contribution is -0.137. The van der Waals surface area contributed by atoms with E-state index >= 15 is 0 Å². The molecule has 0 N–H and O–H groups in total. The first-order valence-corrected chi connectivity index (χ1v) is 4.92. The van der Waals surface area contributed by atoms with Crippen LogP contribution in [0.2, 0.25) is 0 Å². The van der Waals surface area contributed by atoms with Crippen molar-refractivity contribution in [3.8, 4) is 0 Å². The highest BCUT2D eigenvalue weighted by Crippen LogP contribution is 2.31. The van der Waals surface area contributed by atoms with Crippen LogP contribution in [0.25, 0.3) is 0 Å². The van der Waals surface area contributed by atoms with Crippen LogP contribution in [0.3, 0.4) is 0 Å². The molecule has 0 amide bonds. The van der Waals surface area contributed by atoms with E-state index in [1.807, 2.05) is 0 Å². The predicted molar refractivity (Wildman–Crippen MR) is 56.2 cm³/mol. The molecule has 1 aliphatic carbocycles. The van der Waals surface area contributed by atoms with Crippen molar-refractivity contribution in [1.82, 2.24) is 0 Å². The minimum absolute atomic E-state index is 0.254. The molecule has 1 aromatic carbocycles. The van der Waals surface area contributed by atoms with E-state index in [0.717, 1.165) is 12.1 Å². The molecule has 1 nitrogen and oxygen atoms in total. The van der Waals surface area contributed by atoms with Gasteiger partial charge in [-0.2, -0.15) is 13.2 Å². The van der Waals surface area contributed by atoms with Gasteiger partial charge in [0.05, 0.1) is 11.5 Å². The first-order valence-electron chi connectivity index (χ1n) is 4.92. The molecule has 87 valence electrons. The normalized spacial score (nSPS) is 17.4. The molecule has 1 saturated carbocycles. The topological polar surface area (TPSA) is 17.1 Å². The summed E-state index contributed by atoms with van der Waals surface area (Å²) < 4.78 is 36.9. The lowest BCUT2D eigenvalue weighted by Gasteiger charge is -2.09. The fourth-order valence-corrected chi connectivity index (χ4v) is 1.50. The number of carbonyl (C=O) groups excluding carboxylic acids is 1. The third kappa shape index (κ3) is 2.68. The first-order chi connectivity index (χ1) is 7.98. The van der Waals surface area contributed by atoms with Crippen LogP contribution in [-0.2, 0) is 6.18 Å². The molecular weight excluding hydrogens is 229 g/mol. The third-order valence-electron chi connectivity index (χ3n) is 2.40. The number of benzene rings is 1. The van der Waals surface area contributed by atoms with Gasteiger partial charge in [-0.1, -0.05) is 12.1 Å². The van der Waals surface area contributed by atoms with E-state index in [-0.39, 0.29) is 11.3 Å². The highest BCUT2D eigenvalue weighted by atomic mass is 19.4. The Bertz CT molecular complexity index is 400. The Morgan fingerprint density at radius 2 is 1.47 bits per heavy atom. The number of carbonyl (C=O) groups is 1. The molecule has 1 aromatic rings. The Morgan fingerprint density at radius 3 is 1.94 bits per heavy atom. The van der Waals surface area contributed by atoms with Gasteiger partial charge in [0.2, 0.25) is 0 Å². The number of halogens is 3. The van der Waals surface area contributed by atoms with Crippen LogP contribution in [0.15, 0.2) is 24.3 Å².